The Labute approximate surface area is 114 Å². The second-order valence-electron chi connectivity index (χ2n) is 5.87. The van der Waals surface area contributed by atoms with Crippen LogP contribution in [0, 0.1) is 23.6 Å². The molecule has 0 heterocycles. The molecule has 4 atom stereocenters. The molecule has 1 aliphatic rings. The number of aliphatic hydroxyl groups is 1. The molecule has 1 aliphatic carbocycles. The maximum Gasteiger partial charge on any atom is 0.165 e. The third-order valence-electron chi connectivity index (χ3n) is 4.60. The molecule has 106 valence electrons. The van der Waals surface area contributed by atoms with Crippen molar-refractivity contribution in [1.29, 1.82) is 0 Å². The molecule has 0 radical (unpaired) electrons. The first-order valence-electron chi connectivity index (χ1n) is 7.04. The Balaban J connectivity index is 2.11. The van der Waals surface area contributed by atoms with E-state index in [2.05, 4.69) is 13.8 Å². The minimum atomic E-state index is -0.574. The van der Waals surface area contributed by atoms with E-state index in [0.717, 1.165) is 25.2 Å². The molecule has 0 aliphatic heterocycles. The van der Waals surface area contributed by atoms with E-state index in [9.17, 15) is 9.50 Å². The Morgan fingerprint density at radius 2 is 2.00 bits per heavy atom. The maximum absolute atomic E-state index is 13.7. The highest BCUT2D eigenvalue weighted by Gasteiger charge is 2.30. The molecule has 1 aromatic carbocycles. The second kappa shape index (κ2) is 5.91. The van der Waals surface area contributed by atoms with Gasteiger partial charge in [0.25, 0.3) is 0 Å². The number of hydrogen-bond donors (Lipinski definition) is 1. The number of aliphatic hydroxyl groups excluding tert-OH is 1. The molecule has 2 rings (SSSR count). The van der Waals surface area contributed by atoms with Crippen molar-refractivity contribution in [2.75, 3.05) is 7.11 Å². The number of hydrogen-bond acceptors (Lipinski definition) is 2. The maximum atomic E-state index is 13.7. The molecule has 0 amide bonds. The van der Waals surface area contributed by atoms with Gasteiger partial charge in [-0.1, -0.05) is 26.3 Å². The van der Waals surface area contributed by atoms with Gasteiger partial charge in [-0.3, -0.25) is 0 Å². The van der Waals surface area contributed by atoms with E-state index in [1.54, 1.807) is 12.1 Å². The molecule has 3 heteroatoms. The molecule has 0 bridgehead atoms. The van der Waals surface area contributed by atoms with Gasteiger partial charge in [-0.15, -0.1) is 0 Å². The normalized spacial score (nSPS) is 29.0. The molecule has 4 unspecified atom stereocenters. The van der Waals surface area contributed by atoms with E-state index < -0.39 is 11.9 Å². The van der Waals surface area contributed by atoms with Crippen LogP contribution in [0.3, 0.4) is 0 Å². The fourth-order valence-corrected chi connectivity index (χ4v) is 3.01. The standard InChI is InChI=1S/C16H23FO2/c1-10-4-5-12(8-11(10)2)16(18)13-6-7-15(19-3)14(17)9-13/h6-7,9-12,16,18H,4-5,8H2,1-3H3. The number of ether oxygens (including phenoxy) is 1. The van der Waals surface area contributed by atoms with E-state index in [-0.39, 0.29) is 11.7 Å². The van der Waals surface area contributed by atoms with Crippen molar-refractivity contribution in [3.63, 3.8) is 0 Å². The SMILES string of the molecule is COc1ccc(C(O)C2CCC(C)C(C)C2)cc1F. The zero-order valence-corrected chi connectivity index (χ0v) is 11.9. The summed E-state index contributed by atoms with van der Waals surface area (Å²) in [6.07, 6.45) is 2.59. The molecule has 0 saturated heterocycles. The van der Waals surface area contributed by atoms with Crippen LogP contribution in [0.15, 0.2) is 18.2 Å². The van der Waals surface area contributed by atoms with Crippen LogP contribution >= 0.6 is 0 Å². The van der Waals surface area contributed by atoms with Gasteiger partial charge < -0.3 is 9.84 Å². The molecule has 1 fully saturated rings. The van der Waals surface area contributed by atoms with Gasteiger partial charge in [0.2, 0.25) is 0 Å². The highest BCUT2D eigenvalue weighted by atomic mass is 19.1. The third-order valence-corrected chi connectivity index (χ3v) is 4.60. The highest BCUT2D eigenvalue weighted by Crippen LogP contribution is 2.40. The molecule has 0 aromatic heterocycles. The van der Waals surface area contributed by atoms with E-state index in [1.807, 2.05) is 0 Å². The highest BCUT2D eigenvalue weighted by molar-refractivity contribution is 5.30. The molecule has 0 spiro atoms. The molecule has 1 saturated carbocycles. The van der Waals surface area contributed by atoms with Gasteiger partial charge in [-0.2, -0.15) is 0 Å². The fourth-order valence-electron chi connectivity index (χ4n) is 3.01. The van der Waals surface area contributed by atoms with Crippen molar-refractivity contribution in [2.24, 2.45) is 17.8 Å². The zero-order chi connectivity index (χ0) is 14.0. The average Bonchev–Trinajstić information content (AvgIpc) is 2.41. The summed E-state index contributed by atoms with van der Waals surface area (Å²) in [5.41, 5.74) is 0.657. The van der Waals surface area contributed by atoms with Crippen LogP contribution in [-0.4, -0.2) is 12.2 Å². The zero-order valence-electron chi connectivity index (χ0n) is 11.9. The quantitative estimate of drug-likeness (QED) is 0.898. The summed E-state index contributed by atoms with van der Waals surface area (Å²) in [6.45, 7) is 4.50. The van der Waals surface area contributed by atoms with Gasteiger partial charge in [0.05, 0.1) is 13.2 Å². The van der Waals surface area contributed by atoms with Crippen molar-refractivity contribution in [3.8, 4) is 5.75 Å². The topological polar surface area (TPSA) is 29.5 Å². The Bertz CT molecular complexity index is 433. The van der Waals surface area contributed by atoms with Crippen LogP contribution in [0.2, 0.25) is 0 Å². The molecule has 2 nitrogen and oxygen atoms in total. The van der Waals surface area contributed by atoms with Gasteiger partial charge in [0.1, 0.15) is 0 Å². The van der Waals surface area contributed by atoms with Crippen LogP contribution < -0.4 is 4.74 Å². The Kier molecular flexibility index (Phi) is 4.46. The predicted octanol–water partition coefficient (Wildman–Crippen LogP) is 3.94. The summed E-state index contributed by atoms with van der Waals surface area (Å²) in [6, 6.07) is 4.74. The molecular formula is C16H23FO2. The third kappa shape index (κ3) is 3.08. The van der Waals surface area contributed by atoms with Crippen molar-refractivity contribution >= 4 is 0 Å². The lowest BCUT2D eigenvalue weighted by Crippen LogP contribution is -2.25. The fraction of sp³-hybridized carbons (Fsp3) is 0.625. The lowest BCUT2D eigenvalue weighted by atomic mass is 9.73. The smallest absolute Gasteiger partial charge is 0.165 e. The first-order valence-corrected chi connectivity index (χ1v) is 7.04. The largest absolute Gasteiger partial charge is 0.494 e. The first kappa shape index (κ1) is 14.3. The van der Waals surface area contributed by atoms with Crippen LogP contribution in [0.4, 0.5) is 4.39 Å². The molecular weight excluding hydrogens is 243 g/mol. The Hall–Kier alpha value is -1.09. The van der Waals surface area contributed by atoms with Gasteiger partial charge >= 0.3 is 0 Å². The van der Waals surface area contributed by atoms with Gasteiger partial charge in [0.15, 0.2) is 11.6 Å². The Morgan fingerprint density at radius 1 is 1.26 bits per heavy atom. The van der Waals surface area contributed by atoms with E-state index in [1.165, 1.54) is 13.2 Å². The van der Waals surface area contributed by atoms with Crippen LogP contribution in [0.5, 0.6) is 5.75 Å². The van der Waals surface area contributed by atoms with Crippen LogP contribution in [-0.2, 0) is 0 Å². The van der Waals surface area contributed by atoms with Crippen LogP contribution in [0.1, 0.15) is 44.8 Å². The Morgan fingerprint density at radius 3 is 2.58 bits per heavy atom. The lowest BCUT2D eigenvalue weighted by Gasteiger charge is -2.34. The van der Waals surface area contributed by atoms with Gasteiger partial charge in [-0.25, -0.2) is 4.39 Å². The first-order chi connectivity index (χ1) is 9.02. The number of methoxy groups -OCH3 is 1. The number of halogens is 1. The minimum absolute atomic E-state index is 0.224. The summed E-state index contributed by atoms with van der Waals surface area (Å²) >= 11 is 0. The van der Waals surface area contributed by atoms with E-state index >= 15 is 0 Å². The second-order valence-corrected chi connectivity index (χ2v) is 5.87. The molecule has 1 aromatic rings. The molecule has 19 heavy (non-hydrogen) atoms. The van der Waals surface area contributed by atoms with Crippen molar-refractivity contribution in [1.82, 2.24) is 0 Å². The van der Waals surface area contributed by atoms with Crippen molar-refractivity contribution < 1.29 is 14.2 Å². The lowest BCUT2D eigenvalue weighted by molar-refractivity contribution is 0.0558. The summed E-state index contributed by atoms with van der Waals surface area (Å²) < 4.78 is 18.6. The van der Waals surface area contributed by atoms with Gasteiger partial charge in [-0.05, 0) is 48.3 Å². The van der Waals surface area contributed by atoms with Crippen LogP contribution in [0.25, 0.3) is 0 Å². The van der Waals surface area contributed by atoms with Crippen molar-refractivity contribution in [3.05, 3.63) is 29.6 Å². The van der Waals surface area contributed by atoms with Gasteiger partial charge in [0, 0.05) is 0 Å². The minimum Gasteiger partial charge on any atom is -0.494 e. The van der Waals surface area contributed by atoms with Crippen molar-refractivity contribution in [2.45, 2.75) is 39.2 Å². The number of rotatable bonds is 3. The summed E-state index contributed by atoms with van der Waals surface area (Å²) in [4.78, 5) is 0. The monoisotopic (exact) mass is 266 g/mol. The van der Waals surface area contributed by atoms with E-state index in [0.29, 0.717) is 11.5 Å². The summed E-state index contributed by atoms with van der Waals surface area (Å²) in [5.74, 6) is 1.39. The number of benzene rings is 1. The summed E-state index contributed by atoms with van der Waals surface area (Å²) in [7, 11) is 1.44. The van der Waals surface area contributed by atoms with E-state index in [4.69, 9.17) is 4.74 Å². The average molecular weight is 266 g/mol. The molecule has 1 N–H and O–H groups in total. The summed E-state index contributed by atoms with van der Waals surface area (Å²) in [5, 5.41) is 10.4. The predicted molar refractivity (Wildman–Crippen MR) is 73.6 cm³/mol.